The summed E-state index contributed by atoms with van der Waals surface area (Å²) < 4.78 is 35.6. The second-order valence-corrected chi connectivity index (χ2v) is 5.75. The lowest BCUT2D eigenvalue weighted by atomic mass is 10.1. The SMILES string of the molecule is COc1ccc(OCCOc2ccc(-c3ccc(OC)cc3)cc2F)cc1. The van der Waals surface area contributed by atoms with Gasteiger partial charge in [0.05, 0.1) is 14.2 Å². The van der Waals surface area contributed by atoms with Crippen molar-refractivity contribution >= 4 is 0 Å². The van der Waals surface area contributed by atoms with Gasteiger partial charge in [0.25, 0.3) is 0 Å². The highest BCUT2D eigenvalue weighted by molar-refractivity contribution is 5.65. The Morgan fingerprint density at radius 1 is 0.630 bits per heavy atom. The average molecular weight is 368 g/mol. The minimum Gasteiger partial charge on any atom is -0.497 e. The fourth-order valence-electron chi connectivity index (χ4n) is 2.56. The minimum atomic E-state index is -0.409. The van der Waals surface area contributed by atoms with E-state index in [1.54, 1.807) is 20.3 Å². The molecule has 4 nitrogen and oxygen atoms in total. The topological polar surface area (TPSA) is 36.9 Å². The Morgan fingerprint density at radius 3 is 1.74 bits per heavy atom. The van der Waals surface area contributed by atoms with E-state index in [1.807, 2.05) is 54.6 Å². The predicted octanol–water partition coefficient (Wildman–Crippen LogP) is 4.97. The predicted molar refractivity (Wildman–Crippen MR) is 102 cm³/mol. The zero-order chi connectivity index (χ0) is 19.1. The smallest absolute Gasteiger partial charge is 0.165 e. The highest BCUT2D eigenvalue weighted by Gasteiger charge is 2.07. The molecule has 0 fully saturated rings. The normalized spacial score (nSPS) is 10.3. The van der Waals surface area contributed by atoms with Crippen LogP contribution in [0.3, 0.4) is 0 Å². The first-order valence-electron chi connectivity index (χ1n) is 8.53. The van der Waals surface area contributed by atoms with E-state index >= 15 is 0 Å². The van der Waals surface area contributed by atoms with Gasteiger partial charge in [-0.3, -0.25) is 0 Å². The van der Waals surface area contributed by atoms with E-state index < -0.39 is 5.82 Å². The molecule has 0 N–H and O–H groups in total. The third kappa shape index (κ3) is 4.91. The van der Waals surface area contributed by atoms with Crippen LogP contribution in [0.5, 0.6) is 23.0 Å². The summed E-state index contributed by atoms with van der Waals surface area (Å²) in [5.74, 6) is 2.02. The molecule has 0 aliphatic rings. The molecule has 5 heteroatoms. The molecule has 0 heterocycles. The maximum absolute atomic E-state index is 14.3. The van der Waals surface area contributed by atoms with Crippen molar-refractivity contribution < 1.29 is 23.3 Å². The number of rotatable bonds is 8. The number of benzene rings is 3. The first kappa shape index (κ1) is 18.6. The molecule has 27 heavy (non-hydrogen) atoms. The van der Waals surface area contributed by atoms with Gasteiger partial charge in [-0.25, -0.2) is 4.39 Å². The maximum Gasteiger partial charge on any atom is 0.165 e. The molecule has 3 rings (SSSR count). The summed E-state index contributed by atoms with van der Waals surface area (Å²) in [6, 6.07) is 19.6. The van der Waals surface area contributed by atoms with Gasteiger partial charge in [0.2, 0.25) is 0 Å². The average Bonchev–Trinajstić information content (AvgIpc) is 2.72. The summed E-state index contributed by atoms with van der Waals surface area (Å²) in [6.07, 6.45) is 0. The van der Waals surface area contributed by atoms with Crippen LogP contribution in [-0.2, 0) is 0 Å². The van der Waals surface area contributed by atoms with Gasteiger partial charge in [-0.05, 0) is 59.7 Å². The quantitative estimate of drug-likeness (QED) is 0.526. The van der Waals surface area contributed by atoms with Crippen LogP contribution in [0.15, 0.2) is 66.7 Å². The molecule has 0 unspecified atom stereocenters. The standard InChI is InChI=1S/C22H21FO4/c1-24-18-6-3-16(4-7-18)17-5-12-22(21(23)15-17)27-14-13-26-20-10-8-19(25-2)9-11-20/h3-12,15H,13-14H2,1-2H3. The fourth-order valence-corrected chi connectivity index (χ4v) is 2.56. The minimum absolute atomic E-state index is 0.200. The number of methoxy groups -OCH3 is 2. The summed E-state index contributed by atoms with van der Waals surface area (Å²) in [6.45, 7) is 0.552. The molecule has 0 aromatic heterocycles. The molecule has 0 bridgehead atoms. The molecule has 0 aliphatic heterocycles. The van der Waals surface area contributed by atoms with E-state index in [-0.39, 0.29) is 12.4 Å². The van der Waals surface area contributed by atoms with Gasteiger partial charge in [-0.2, -0.15) is 0 Å². The van der Waals surface area contributed by atoms with Gasteiger partial charge in [0.1, 0.15) is 30.5 Å². The van der Waals surface area contributed by atoms with E-state index in [2.05, 4.69) is 0 Å². The highest BCUT2D eigenvalue weighted by atomic mass is 19.1. The molecular formula is C22H21FO4. The Bertz CT molecular complexity index is 860. The van der Waals surface area contributed by atoms with Crippen molar-refractivity contribution in [2.75, 3.05) is 27.4 Å². The van der Waals surface area contributed by atoms with Crippen LogP contribution in [0.25, 0.3) is 11.1 Å². The van der Waals surface area contributed by atoms with Crippen molar-refractivity contribution in [2.45, 2.75) is 0 Å². The van der Waals surface area contributed by atoms with Crippen LogP contribution in [0.2, 0.25) is 0 Å². The first-order valence-corrected chi connectivity index (χ1v) is 8.53. The van der Waals surface area contributed by atoms with Crippen LogP contribution in [0.1, 0.15) is 0 Å². The lowest BCUT2D eigenvalue weighted by molar-refractivity contribution is 0.211. The van der Waals surface area contributed by atoms with Crippen molar-refractivity contribution in [1.82, 2.24) is 0 Å². The Kier molecular flexibility index (Phi) is 6.15. The van der Waals surface area contributed by atoms with Crippen LogP contribution in [-0.4, -0.2) is 27.4 Å². The summed E-state index contributed by atoms with van der Waals surface area (Å²) in [5, 5.41) is 0. The van der Waals surface area contributed by atoms with E-state index in [4.69, 9.17) is 18.9 Å². The van der Waals surface area contributed by atoms with Gasteiger partial charge in [-0.15, -0.1) is 0 Å². The van der Waals surface area contributed by atoms with Gasteiger partial charge >= 0.3 is 0 Å². The van der Waals surface area contributed by atoms with Crippen molar-refractivity contribution in [3.63, 3.8) is 0 Å². The van der Waals surface area contributed by atoms with Gasteiger partial charge in [0, 0.05) is 0 Å². The number of hydrogen-bond donors (Lipinski definition) is 0. The monoisotopic (exact) mass is 368 g/mol. The number of ether oxygens (including phenoxy) is 4. The van der Waals surface area contributed by atoms with Crippen LogP contribution in [0.4, 0.5) is 4.39 Å². The van der Waals surface area contributed by atoms with Crippen molar-refractivity contribution in [2.24, 2.45) is 0 Å². The molecule has 0 amide bonds. The summed E-state index contributed by atoms with van der Waals surface area (Å²) in [4.78, 5) is 0. The Morgan fingerprint density at radius 2 is 1.15 bits per heavy atom. The zero-order valence-electron chi connectivity index (χ0n) is 15.3. The molecule has 140 valence electrons. The van der Waals surface area contributed by atoms with Crippen molar-refractivity contribution in [3.05, 3.63) is 72.5 Å². The summed E-state index contributed by atoms with van der Waals surface area (Å²) >= 11 is 0. The maximum atomic E-state index is 14.3. The summed E-state index contributed by atoms with van der Waals surface area (Å²) in [5.41, 5.74) is 1.68. The second-order valence-electron chi connectivity index (χ2n) is 5.75. The van der Waals surface area contributed by atoms with Gasteiger partial charge in [0.15, 0.2) is 11.6 Å². The molecule has 0 aliphatic carbocycles. The molecule has 3 aromatic rings. The third-order valence-electron chi connectivity index (χ3n) is 4.02. The number of hydrogen-bond acceptors (Lipinski definition) is 4. The van der Waals surface area contributed by atoms with Gasteiger partial charge < -0.3 is 18.9 Å². The van der Waals surface area contributed by atoms with E-state index in [9.17, 15) is 4.39 Å². The molecule has 0 saturated carbocycles. The largest absolute Gasteiger partial charge is 0.497 e. The molecule has 0 spiro atoms. The fraction of sp³-hybridized carbons (Fsp3) is 0.182. The Labute approximate surface area is 158 Å². The third-order valence-corrected chi connectivity index (χ3v) is 4.02. The van der Waals surface area contributed by atoms with Crippen molar-refractivity contribution in [3.8, 4) is 34.1 Å². The number of halogens is 1. The van der Waals surface area contributed by atoms with Crippen molar-refractivity contribution in [1.29, 1.82) is 0 Å². The van der Waals surface area contributed by atoms with Crippen LogP contribution in [0, 0.1) is 5.82 Å². The summed E-state index contributed by atoms with van der Waals surface area (Å²) in [7, 11) is 3.22. The Hall–Kier alpha value is -3.21. The molecule has 0 atom stereocenters. The molecule has 0 radical (unpaired) electrons. The molecule has 3 aromatic carbocycles. The second kappa shape index (κ2) is 8.94. The highest BCUT2D eigenvalue weighted by Crippen LogP contribution is 2.27. The molecular weight excluding hydrogens is 347 g/mol. The van der Waals surface area contributed by atoms with E-state index in [1.165, 1.54) is 6.07 Å². The van der Waals surface area contributed by atoms with Gasteiger partial charge in [-0.1, -0.05) is 18.2 Å². The molecule has 0 saturated heterocycles. The van der Waals surface area contributed by atoms with Crippen LogP contribution < -0.4 is 18.9 Å². The lowest BCUT2D eigenvalue weighted by Gasteiger charge is -2.11. The zero-order valence-corrected chi connectivity index (χ0v) is 15.3. The lowest BCUT2D eigenvalue weighted by Crippen LogP contribution is -2.09. The first-order chi connectivity index (χ1) is 13.2. The van der Waals surface area contributed by atoms with E-state index in [0.29, 0.717) is 12.4 Å². The van der Waals surface area contributed by atoms with Crippen LogP contribution >= 0.6 is 0 Å². The Balaban J connectivity index is 1.54. The van der Waals surface area contributed by atoms with E-state index in [0.717, 1.165) is 22.6 Å².